The predicted molar refractivity (Wildman–Crippen MR) is 110 cm³/mol. The lowest BCUT2D eigenvalue weighted by Crippen LogP contribution is -2.03. The Morgan fingerprint density at radius 2 is 1.73 bits per heavy atom. The Bertz CT molecular complexity index is 865. The molecule has 26 heavy (non-hydrogen) atoms. The highest BCUT2D eigenvalue weighted by atomic mass is 79.9. The Hall–Kier alpha value is -2.46. The maximum absolute atomic E-state index is 5.99. The van der Waals surface area contributed by atoms with Gasteiger partial charge in [0.05, 0.1) is 11.6 Å². The summed E-state index contributed by atoms with van der Waals surface area (Å²) < 4.78 is 12.4. The number of anilines is 1. The Balaban J connectivity index is 1.72. The van der Waals surface area contributed by atoms with E-state index in [1.807, 2.05) is 36.4 Å². The molecule has 0 aliphatic rings. The van der Waals surface area contributed by atoms with E-state index >= 15 is 0 Å². The van der Waals surface area contributed by atoms with E-state index < -0.39 is 0 Å². The fourth-order valence-corrected chi connectivity index (χ4v) is 3.31. The molecule has 4 heteroatoms. The van der Waals surface area contributed by atoms with Crippen LogP contribution >= 0.6 is 15.9 Å². The molecule has 0 saturated carbocycles. The number of hydrogen-bond acceptors (Lipinski definition) is 3. The highest BCUT2D eigenvalue weighted by Crippen LogP contribution is 2.37. The molecular weight excluding hydrogens is 390 g/mol. The van der Waals surface area contributed by atoms with Gasteiger partial charge in [0.1, 0.15) is 6.61 Å². The van der Waals surface area contributed by atoms with E-state index in [2.05, 4.69) is 58.5 Å². The number of hydrogen-bond donors (Lipinski definition) is 1. The second-order valence-corrected chi connectivity index (χ2v) is 6.96. The molecule has 0 atom stereocenters. The maximum Gasteiger partial charge on any atom is 0.175 e. The van der Waals surface area contributed by atoms with E-state index in [1.54, 1.807) is 7.11 Å². The lowest BCUT2D eigenvalue weighted by Gasteiger charge is -2.15. The highest BCUT2D eigenvalue weighted by Gasteiger charge is 2.12. The summed E-state index contributed by atoms with van der Waals surface area (Å²) in [4.78, 5) is 0. The molecule has 3 nitrogen and oxygen atoms in total. The third kappa shape index (κ3) is 4.79. The topological polar surface area (TPSA) is 30.5 Å². The lowest BCUT2D eigenvalue weighted by atomic mass is 10.1. The van der Waals surface area contributed by atoms with Crippen LogP contribution < -0.4 is 14.8 Å². The molecule has 0 heterocycles. The molecule has 0 amide bonds. The predicted octanol–water partition coefficient (Wildman–Crippen LogP) is 5.96. The second kappa shape index (κ2) is 8.77. The molecular formula is C22H22BrNO2. The number of methoxy groups -OCH3 is 1. The van der Waals surface area contributed by atoms with E-state index in [9.17, 15) is 0 Å². The summed E-state index contributed by atoms with van der Waals surface area (Å²) in [5.74, 6) is 1.44. The van der Waals surface area contributed by atoms with E-state index in [-0.39, 0.29) is 0 Å². The van der Waals surface area contributed by atoms with Crippen LogP contribution in [-0.4, -0.2) is 7.11 Å². The summed E-state index contributed by atoms with van der Waals surface area (Å²) in [5.41, 5.74) is 4.57. The summed E-state index contributed by atoms with van der Waals surface area (Å²) in [5, 5.41) is 3.44. The van der Waals surface area contributed by atoms with Crippen molar-refractivity contribution in [2.75, 3.05) is 12.4 Å². The first-order valence-corrected chi connectivity index (χ1v) is 9.28. The van der Waals surface area contributed by atoms with E-state index in [0.29, 0.717) is 13.2 Å². The van der Waals surface area contributed by atoms with Gasteiger partial charge in [-0.05, 0) is 63.8 Å². The van der Waals surface area contributed by atoms with Gasteiger partial charge in [-0.15, -0.1) is 0 Å². The average molecular weight is 412 g/mol. The average Bonchev–Trinajstić information content (AvgIpc) is 2.66. The molecule has 0 aliphatic carbocycles. The molecule has 0 aromatic heterocycles. The molecule has 0 spiro atoms. The Kier molecular flexibility index (Phi) is 6.18. The van der Waals surface area contributed by atoms with E-state index in [4.69, 9.17) is 9.47 Å². The number of nitrogens with one attached hydrogen (secondary N) is 1. The third-order valence-corrected chi connectivity index (χ3v) is 4.62. The highest BCUT2D eigenvalue weighted by molar-refractivity contribution is 9.10. The molecule has 0 saturated heterocycles. The van der Waals surface area contributed by atoms with Gasteiger partial charge >= 0.3 is 0 Å². The van der Waals surface area contributed by atoms with Gasteiger partial charge in [0.25, 0.3) is 0 Å². The van der Waals surface area contributed by atoms with Crippen LogP contribution in [-0.2, 0) is 13.2 Å². The Morgan fingerprint density at radius 3 is 2.46 bits per heavy atom. The molecule has 0 radical (unpaired) electrons. The smallest absolute Gasteiger partial charge is 0.175 e. The van der Waals surface area contributed by atoms with Crippen molar-refractivity contribution in [3.63, 3.8) is 0 Å². The first-order valence-electron chi connectivity index (χ1n) is 8.49. The van der Waals surface area contributed by atoms with Gasteiger partial charge in [0.15, 0.2) is 11.5 Å². The zero-order valence-corrected chi connectivity index (χ0v) is 16.5. The van der Waals surface area contributed by atoms with Gasteiger partial charge in [0, 0.05) is 12.2 Å². The van der Waals surface area contributed by atoms with E-state index in [1.165, 1.54) is 5.56 Å². The van der Waals surface area contributed by atoms with Crippen LogP contribution in [0.1, 0.15) is 16.7 Å². The van der Waals surface area contributed by atoms with Gasteiger partial charge in [0.2, 0.25) is 0 Å². The molecule has 3 aromatic carbocycles. The first-order chi connectivity index (χ1) is 12.7. The SMILES string of the molecule is COc1cc(CNc2cccc(C)c2)cc(Br)c1OCc1ccccc1. The van der Waals surface area contributed by atoms with Crippen molar-refractivity contribution < 1.29 is 9.47 Å². The summed E-state index contributed by atoms with van der Waals surface area (Å²) in [6, 6.07) is 22.5. The van der Waals surface area contributed by atoms with Gasteiger partial charge in [-0.2, -0.15) is 0 Å². The zero-order valence-electron chi connectivity index (χ0n) is 15.0. The normalized spacial score (nSPS) is 10.4. The van der Waals surface area contributed by atoms with Crippen molar-refractivity contribution in [2.24, 2.45) is 0 Å². The monoisotopic (exact) mass is 411 g/mol. The van der Waals surface area contributed by atoms with Crippen LogP contribution in [0.2, 0.25) is 0 Å². The number of benzene rings is 3. The number of halogens is 1. The second-order valence-electron chi connectivity index (χ2n) is 6.11. The summed E-state index contributed by atoms with van der Waals surface area (Å²) in [7, 11) is 1.66. The molecule has 1 N–H and O–H groups in total. The molecule has 3 rings (SSSR count). The quantitative estimate of drug-likeness (QED) is 0.520. The van der Waals surface area contributed by atoms with Crippen LogP contribution in [0, 0.1) is 6.92 Å². The minimum Gasteiger partial charge on any atom is -0.493 e. The maximum atomic E-state index is 5.99. The minimum atomic E-state index is 0.497. The van der Waals surface area contributed by atoms with Crippen LogP contribution in [0.25, 0.3) is 0 Å². The van der Waals surface area contributed by atoms with Crippen molar-refractivity contribution >= 4 is 21.6 Å². The van der Waals surface area contributed by atoms with Gasteiger partial charge < -0.3 is 14.8 Å². The van der Waals surface area contributed by atoms with Crippen molar-refractivity contribution in [1.29, 1.82) is 0 Å². The minimum absolute atomic E-state index is 0.497. The van der Waals surface area contributed by atoms with Crippen LogP contribution in [0.3, 0.4) is 0 Å². The first kappa shape index (κ1) is 18.3. The van der Waals surface area contributed by atoms with Crippen molar-refractivity contribution in [3.05, 3.63) is 87.9 Å². The number of ether oxygens (including phenoxy) is 2. The number of aryl methyl sites for hydroxylation is 1. The van der Waals surface area contributed by atoms with Crippen molar-refractivity contribution in [1.82, 2.24) is 0 Å². The zero-order chi connectivity index (χ0) is 18.4. The number of rotatable bonds is 7. The summed E-state index contributed by atoms with van der Waals surface area (Å²) >= 11 is 3.62. The molecule has 0 bridgehead atoms. The summed E-state index contributed by atoms with van der Waals surface area (Å²) in [6.45, 7) is 3.29. The van der Waals surface area contributed by atoms with Crippen LogP contribution in [0.4, 0.5) is 5.69 Å². The molecule has 0 unspecified atom stereocenters. The van der Waals surface area contributed by atoms with E-state index in [0.717, 1.165) is 32.8 Å². The van der Waals surface area contributed by atoms with Gasteiger partial charge in [-0.25, -0.2) is 0 Å². The van der Waals surface area contributed by atoms with Crippen LogP contribution in [0.5, 0.6) is 11.5 Å². The summed E-state index contributed by atoms with van der Waals surface area (Å²) in [6.07, 6.45) is 0. The van der Waals surface area contributed by atoms with Gasteiger partial charge in [-0.3, -0.25) is 0 Å². The standard InChI is InChI=1S/C22H22BrNO2/c1-16-7-6-10-19(11-16)24-14-18-12-20(23)22(21(13-18)25-2)26-15-17-8-4-3-5-9-17/h3-13,24H,14-15H2,1-2H3. The lowest BCUT2D eigenvalue weighted by molar-refractivity contribution is 0.282. The fraction of sp³-hybridized carbons (Fsp3) is 0.182. The Labute approximate surface area is 163 Å². The van der Waals surface area contributed by atoms with Gasteiger partial charge in [-0.1, -0.05) is 42.5 Å². The van der Waals surface area contributed by atoms with Crippen molar-refractivity contribution in [2.45, 2.75) is 20.1 Å². The largest absolute Gasteiger partial charge is 0.493 e. The van der Waals surface area contributed by atoms with Crippen LogP contribution in [0.15, 0.2) is 71.2 Å². The molecule has 0 aliphatic heterocycles. The molecule has 134 valence electrons. The molecule has 3 aromatic rings. The molecule has 0 fully saturated rings. The Morgan fingerprint density at radius 1 is 0.923 bits per heavy atom. The van der Waals surface area contributed by atoms with Crippen molar-refractivity contribution in [3.8, 4) is 11.5 Å². The fourth-order valence-electron chi connectivity index (χ4n) is 2.70. The third-order valence-electron chi connectivity index (χ3n) is 4.03.